The van der Waals surface area contributed by atoms with Crippen LogP contribution in [0, 0.1) is 6.92 Å². The van der Waals surface area contributed by atoms with Crippen LogP contribution in [0.25, 0.3) is 33.7 Å². The number of hydrogen-bond donors (Lipinski definition) is 1. The largest absolute Gasteiger partial charge is 0.487 e. The van der Waals surface area contributed by atoms with Gasteiger partial charge in [-0.05, 0) is 55.5 Å². The van der Waals surface area contributed by atoms with Crippen LogP contribution in [0.15, 0.2) is 82.0 Å². The summed E-state index contributed by atoms with van der Waals surface area (Å²) in [4.78, 5) is 24.2. The highest BCUT2D eigenvalue weighted by molar-refractivity contribution is 6.33. The molecule has 32 heavy (non-hydrogen) atoms. The standard InChI is InChI=1S/C25H18ClN3O3/c1-15-22(28-25(32-15)18-6-2-4-8-20(18)26)14-31-17-12-10-16(11-13-17)23-27-21-9-5-3-7-19(21)24(30)29-23/h2-13H,14H2,1H3,(H,27,29,30). The van der Waals surface area contributed by atoms with E-state index in [-0.39, 0.29) is 12.2 Å². The summed E-state index contributed by atoms with van der Waals surface area (Å²) in [5, 5.41) is 1.15. The average Bonchev–Trinajstić information content (AvgIpc) is 3.18. The molecule has 0 bridgehead atoms. The van der Waals surface area contributed by atoms with E-state index in [9.17, 15) is 4.79 Å². The van der Waals surface area contributed by atoms with Crippen molar-refractivity contribution in [3.63, 3.8) is 0 Å². The molecule has 6 nitrogen and oxygen atoms in total. The molecule has 5 rings (SSSR count). The Morgan fingerprint density at radius 2 is 1.72 bits per heavy atom. The van der Waals surface area contributed by atoms with E-state index in [1.54, 1.807) is 12.1 Å². The van der Waals surface area contributed by atoms with E-state index in [1.165, 1.54) is 0 Å². The molecule has 0 atom stereocenters. The lowest BCUT2D eigenvalue weighted by Crippen LogP contribution is -2.09. The fourth-order valence-electron chi connectivity index (χ4n) is 3.40. The number of benzene rings is 3. The first-order valence-corrected chi connectivity index (χ1v) is 10.4. The van der Waals surface area contributed by atoms with E-state index in [2.05, 4.69) is 15.0 Å². The van der Waals surface area contributed by atoms with Crippen LogP contribution in [0.5, 0.6) is 5.75 Å². The fraction of sp³-hybridized carbons (Fsp3) is 0.0800. The summed E-state index contributed by atoms with van der Waals surface area (Å²) in [5.74, 6) is 2.32. The zero-order valence-corrected chi connectivity index (χ0v) is 17.9. The van der Waals surface area contributed by atoms with Gasteiger partial charge in [-0.15, -0.1) is 0 Å². The molecule has 0 aliphatic carbocycles. The normalized spacial score (nSPS) is 11.1. The Kier molecular flexibility index (Phi) is 5.21. The number of aromatic amines is 1. The first-order chi connectivity index (χ1) is 15.6. The van der Waals surface area contributed by atoms with Gasteiger partial charge in [-0.25, -0.2) is 9.97 Å². The second-order valence-corrected chi connectivity index (χ2v) is 7.65. The smallest absolute Gasteiger partial charge is 0.259 e. The second kappa shape index (κ2) is 8.32. The molecule has 7 heteroatoms. The second-order valence-electron chi connectivity index (χ2n) is 7.25. The summed E-state index contributed by atoms with van der Waals surface area (Å²) >= 11 is 6.24. The van der Waals surface area contributed by atoms with E-state index >= 15 is 0 Å². The van der Waals surface area contributed by atoms with Gasteiger partial charge in [0.1, 0.15) is 29.6 Å². The molecular weight excluding hydrogens is 426 g/mol. The van der Waals surface area contributed by atoms with Gasteiger partial charge in [0, 0.05) is 5.56 Å². The minimum atomic E-state index is -0.165. The van der Waals surface area contributed by atoms with Crippen molar-refractivity contribution < 1.29 is 9.15 Å². The summed E-state index contributed by atoms with van der Waals surface area (Å²) in [6, 6.07) is 22.0. The quantitative estimate of drug-likeness (QED) is 0.372. The number of fused-ring (bicyclic) bond motifs is 1. The Labute approximate surface area is 188 Å². The topological polar surface area (TPSA) is 81.0 Å². The Bertz CT molecular complexity index is 1470. The minimum Gasteiger partial charge on any atom is -0.487 e. The van der Waals surface area contributed by atoms with Crippen LogP contribution < -0.4 is 10.3 Å². The molecule has 2 aromatic heterocycles. The number of para-hydroxylation sites is 1. The monoisotopic (exact) mass is 443 g/mol. The van der Waals surface area contributed by atoms with Crippen molar-refractivity contribution >= 4 is 22.5 Å². The van der Waals surface area contributed by atoms with Crippen LogP contribution in [-0.4, -0.2) is 15.0 Å². The van der Waals surface area contributed by atoms with Crippen molar-refractivity contribution in [2.45, 2.75) is 13.5 Å². The van der Waals surface area contributed by atoms with Gasteiger partial charge >= 0.3 is 0 Å². The predicted molar refractivity (Wildman–Crippen MR) is 124 cm³/mol. The van der Waals surface area contributed by atoms with Crippen molar-refractivity contribution in [2.24, 2.45) is 0 Å². The lowest BCUT2D eigenvalue weighted by Gasteiger charge is -2.07. The highest BCUT2D eigenvalue weighted by Crippen LogP contribution is 2.29. The molecule has 3 aromatic carbocycles. The molecule has 0 unspecified atom stereocenters. The molecule has 0 fully saturated rings. The molecule has 5 aromatic rings. The van der Waals surface area contributed by atoms with Gasteiger partial charge in [0.25, 0.3) is 5.56 Å². The van der Waals surface area contributed by atoms with Crippen LogP contribution in [0.3, 0.4) is 0 Å². The predicted octanol–water partition coefficient (Wildman–Crippen LogP) is 5.79. The number of oxazole rings is 1. The van der Waals surface area contributed by atoms with Gasteiger partial charge in [0.15, 0.2) is 0 Å². The van der Waals surface area contributed by atoms with Crippen molar-refractivity contribution in [1.82, 2.24) is 15.0 Å². The van der Waals surface area contributed by atoms with Crippen LogP contribution in [0.4, 0.5) is 0 Å². The maximum Gasteiger partial charge on any atom is 0.259 e. The van der Waals surface area contributed by atoms with E-state index in [1.807, 2.05) is 67.6 Å². The van der Waals surface area contributed by atoms with Gasteiger partial charge in [0.05, 0.1) is 21.5 Å². The number of nitrogens with zero attached hydrogens (tertiary/aromatic N) is 2. The molecular formula is C25H18ClN3O3. The van der Waals surface area contributed by atoms with E-state index in [4.69, 9.17) is 20.8 Å². The molecule has 0 aliphatic heterocycles. The zero-order chi connectivity index (χ0) is 22.1. The van der Waals surface area contributed by atoms with Crippen molar-refractivity contribution in [3.8, 4) is 28.6 Å². The average molecular weight is 444 g/mol. The third-order valence-electron chi connectivity index (χ3n) is 5.11. The number of aromatic nitrogens is 3. The Balaban J connectivity index is 1.33. The number of H-pyrrole nitrogens is 1. The summed E-state index contributed by atoms with van der Waals surface area (Å²) in [7, 11) is 0. The van der Waals surface area contributed by atoms with Crippen LogP contribution in [-0.2, 0) is 6.61 Å². The van der Waals surface area contributed by atoms with E-state index in [0.29, 0.717) is 44.8 Å². The fourth-order valence-corrected chi connectivity index (χ4v) is 3.61. The summed E-state index contributed by atoms with van der Waals surface area (Å²) in [6.45, 7) is 2.10. The van der Waals surface area contributed by atoms with Crippen LogP contribution in [0.2, 0.25) is 5.02 Å². The Morgan fingerprint density at radius 3 is 2.53 bits per heavy atom. The Hall–Kier alpha value is -3.90. The third kappa shape index (κ3) is 3.88. The molecule has 0 saturated carbocycles. The lowest BCUT2D eigenvalue weighted by atomic mass is 10.2. The first kappa shape index (κ1) is 20.0. The molecule has 0 saturated heterocycles. The van der Waals surface area contributed by atoms with Crippen LogP contribution >= 0.6 is 11.6 Å². The van der Waals surface area contributed by atoms with Gasteiger partial charge in [-0.3, -0.25) is 4.79 Å². The number of nitrogens with one attached hydrogen (secondary N) is 1. The molecule has 1 N–H and O–H groups in total. The lowest BCUT2D eigenvalue weighted by molar-refractivity contribution is 0.299. The number of hydrogen-bond acceptors (Lipinski definition) is 5. The highest BCUT2D eigenvalue weighted by Gasteiger charge is 2.14. The molecule has 0 aliphatic rings. The third-order valence-corrected chi connectivity index (χ3v) is 5.44. The zero-order valence-electron chi connectivity index (χ0n) is 17.1. The number of ether oxygens (including phenoxy) is 1. The molecule has 0 amide bonds. The van der Waals surface area contributed by atoms with Gasteiger partial charge in [-0.1, -0.05) is 35.9 Å². The summed E-state index contributed by atoms with van der Waals surface area (Å²) in [5.41, 5.74) is 2.72. The van der Waals surface area contributed by atoms with Gasteiger partial charge in [-0.2, -0.15) is 0 Å². The minimum absolute atomic E-state index is 0.165. The van der Waals surface area contributed by atoms with Gasteiger partial charge < -0.3 is 14.1 Å². The SMILES string of the molecule is Cc1oc(-c2ccccc2Cl)nc1COc1ccc(-c2nc3ccccc3c(=O)[nH]2)cc1. The van der Waals surface area contributed by atoms with E-state index in [0.717, 1.165) is 11.1 Å². The van der Waals surface area contributed by atoms with E-state index < -0.39 is 0 Å². The van der Waals surface area contributed by atoms with Gasteiger partial charge in [0.2, 0.25) is 5.89 Å². The number of rotatable bonds is 5. The number of halogens is 1. The molecule has 0 radical (unpaired) electrons. The summed E-state index contributed by atoms with van der Waals surface area (Å²) < 4.78 is 11.7. The molecule has 0 spiro atoms. The highest BCUT2D eigenvalue weighted by atomic mass is 35.5. The Morgan fingerprint density at radius 1 is 0.969 bits per heavy atom. The molecule has 158 valence electrons. The first-order valence-electron chi connectivity index (χ1n) is 10.0. The maximum atomic E-state index is 12.3. The van der Waals surface area contributed by atoms with Crippen LogP contribution in [0.1, 0.15) is 11.5 Å². The molecule has 2 heterocycles. The number of aryl methyl sites for hydroxylation is 1. The van der Waals surface area contributed by atoms with Crippen molar-refractivity contribution in [1.29, 1.82) is 0 Å². The van der Waals surface area contributed by atoms with Crippen molar-refractivity contribution in [3.05, 3.63) is 99.6 Å². The van der Waals surface area contributed by atoms with Crippen molar-refractivity contribution in [2.75, 3.05) is 0 Å². The summed E-state index contributed by atoms with van der Waals surface area (Å²) in [6.07, 6.45) is 0. The maximum absolute atomic E-state index is 12.3.